The van der Waals surface area contributed by atoms with Gasteiger partial charge in [0, 0.05) is 35.8 Å². The van der Waals surface area contributed by atoms with Crippen LogP contribution in [-0.4, -0.2) is 41.7 Å². The molecular formula is C21H23F2N3OS. The van der Waals surface area contributed by atoms with E-state index in [0.29, 0.717) is 27.9 Å². The Bertz CT molecular complexity index is 827. The average Bonchev–Trinajstić information content (AvgIpc) is 3.43. The van der Waals surface area contributed by atoms with E-state index >= 15 is 0 Å². The summed E-state index contributed by atoms with van der Waals surface area (Å²) in [6, 6.07) is 15.0. The van der Waals surface area contributed by atoms with Crippen molar-refractivity contribution in [1.29, 1.82) is 0 Å². The smallest absolute Gasteiger partial charge is 0.288 e. The van der Waals surface area contributed by atoms with Crippen molar-refractivity contribution in [2.24, 2.45) is 0 Å². The lowest BCUT2D eigenvalue weighted by atomic mass is 10.1. The number of thioether (sulfide) groups is 1. The highest BCUT2D eigenvalue weighted by Crippen LogP contribution is 2.30. The summed E-state index contributed by atoms with van der Waals surface area (Å²) in [5.41, 5.74) is 2.03. The van der Waals surface area contributed by atoms with Crippen LogP contribution in [0, 0.1) is 0 Å². The van der Waals surface area contributed by atoms with Crippen LogP contribution in [0.25, 0.3) is 0 Å². The van der Waals surface area contributed by atoms with Crippen LogP contribution in [-0.2, 0) is 0 Å². The molecule has 0 spiro atoms. The molecule has 7 heteroatoms. The zero-order chi connectivity index (χ0) is 19.5. The second-order valence-corrected chi connectivity index (χ2v) is 8.32. The molecule has 148 valence electrons. The first kappa shape index (κ1) is 19.2. The molecule has 1 aliphatic heterocycles. The van der Waals surface area contributed by atoms with E-state index in [1.165, 1.54) is 12.8 Å². The number of carbonyl (C=O) groups excluding carboxylic acids is 1. The van der Waals surface area contributed by atoms with Gasteiger partial charge in [-0.1, -0.05) is 23.9 Å². The third-order valence-electron chi connectivity index (χ3n) is 5.15. The van der Waals surface area contributed by atoms with Crippen LogP contribution < -0.4 is 10.6 Å². The Morgan fingerprint density at radius 1 is 1.07 bits per heavy atom. The van der Waals surface area contributed by atoms with Crippen LogP contribution in [0.1, 0.15) is 29.6 Å². The number of amides is 1. The molecule has 2 fully saturated rings. The summed E-state index contributed by atoms with van der Waals surface area (Å²) >= 11 is 0.517. The largest absolute Gasteiger partial charge is 0.355 e. The molecule has 1 unspecified atom stereocenters. The normalized spacial score (nSPS) is 19.8. The molecule has 4 rings (SSSR count). The molecule has 1 atom stereocenters. The van der Waals surface area contributed by atoms with E-state index in [2.05, 4.69) is 15.5 Å². The summed E-state index contributed by atoms with van der Waals surface area (Å²) in [5.74, 6) is -2.52. The fourth-order valence-electron chi connectivity index (χ4n) is 3.60. The minimum Gasteiger partial charge on any atom is -0.355 e. The minimum absolute atomic E-state index is 0.0874. The Hall–Kier alpha value is -2.12. The standard InChI is InChI=1S/C21H23F2N3OS/c22-21(23)28-17-9-5-14(6-10-17)24-19-4-2-1-3-18(19)20(27)25-15-11-12-26(13-15)16-7-8-16/h1-6,9-10,15-16,21,24H,7-8,11-13H2,(H,25,27). The van der Waals surface area contributed by atoms with Crippen molar-refractivity contribution < 1.29 is 13.6 Å². The van der Waals surface area contributed by atoms with E-state index in [1.807, 2.05) is 18.2 Å². The van der Waals surface area contributed by atoms with Crippen LogP contribution in [0.5, 0.6) is 0 Å². The third kappa shape index (κ3) is 4.83. The molecule has 0 aromatic heterocycles. The molecule has 2 aromatic carbocycles. The molecule has 2 N–H and O–H groups in total. The van der Waals surface area contributed by atoms with Gasteiger partial charge >= 0.3 is 0 Å². The lowest BCUT2D eigenvalue weighted by molar-refractivity contribution is 0.0938. The zero-order valence-electron chi connectivity index (χ0n) is 15.4. The van der Waals surface area contributed by atoms with Crippen molar-refractivity contribution >= 4 is 29.0 Å². The number of rotatable bonds is 7. The van der Waals surface area contributed by atoms with Crippen LogP contribution in [0.4, 0.5) is 20.2 Å². The Balaban J connectivity index is 1.40. The van der Waals surface area contributed by atoms with Crippen molar-refractivity contribution in [3.05, 3.63) is 54.1 Å². The minimum atomic E-state index is -2.44. The Kier molecular flexibility index (Phi) is 5.82. The highest BCUT2D eigenvalue weighted by atomic mass is 32.2. The van der Waals surface area contributed by atoms with Crippen molar-refractivity contribution in [1.82, 2.24) is 10.2 Å². The van der Waals surface area contributed by atoms with Gasteiger partial charge in [-0.05, 0) is 55.7 Å². The van der Waals surface area contributed by atoms with Gasteiger partial charge in [-0.15, -0.1) is 0 Å². The van der Waals surface area contributed by atoms with E-state index < -0.39 is 5.76 Å². The summed E-state index contributed by atoms with van der Waals surface area (Å²) in [6.45, 7) is 1.98. The summed E-state index contributed by atoms with van der Waals surface area (Å²) in [5, 5.41) is 6.39. The van der Waals surface area contributed by atoms with Gasteiger partial charge in [0.2, 0.25) is 0 Å². The first-order chi connectivity index (χ1) is 13.6. The number of carbonyl (C=O) groups is 1. The fraction of sp³-hybridized carbons (Fsp3) is 0.381. The first-order valence-corrected chi connectivity index (χ1v) is 10.4. The summed E-state index contributed by atoms with van der Waals surface area (Å²) < 4.78 is 24.9. The average molecular weight is 403 g/mol. The van der Waals surface area contributed by atoms with Gasteiger partial charge in [-0.3, -0.25) is 9.69 Å². The summed E-state index contributed by atoms with van der Waals surface area (Å²) in [7, 11) is 0. The highest BCUT2D eigenvalue weighted by Gasteiger charge is 2.34. The number of nitrogens with zero attached hydrogens (tertiary/aromatic N) is 1. The van der Waals surface area contributed by atoms with E-state index in [-0.39, 0.29) is 11.9 Å². The maximum Gasteiger partial charge on any atom is 0.288 e. The molecule has 28 heavy (non-hydrogen) atoms. The Morgan fingerprint density at radius 2 is 1.82 bits per heavy atom. The van der Waals surface area contributed by atoms with Gasteiger partial charge < -0.3 is 10.6 Å². The molecule has 2 aromatic rings. The van der Waals surface area contributed by atoms with Crippen molar-refractivity contribution in [3.8, 4) is 0 Å². The van der Waals surface area contributed by atoms with Gasteiger partial charge in [0.05, 0.1) is 11.3 Å². The Labute approximate surface area is 167 Å². The second-order valence-electron chi connectivity index (χ2n) is 7.26. The fourth-order valence-corrected chi connectivity index (χ4v) is 4.10. The van der Waals surface area contributed by atoms with Crippen molar-refractivity contribution in [3.63, 3.8) is 0 Å². The summed E-state index contributed by atoms with van der Waals surface area (Å²) in [4.78, 5) is 15.8. The number of hydrogen-bond acceptors (Lipinski definition) is 4. The van der Waals surface area contributed by atoms with E-state index in [4.69, 9.17) is 0 Å². The molecule has 1 amide bonds. The zero-order valence-corrected chi connectivity index (χ0v) is 16.2. The monoisotopic (exact) mass is 403 g/mol. The predicted octanol–water partition coefficient (Wildman–Crippen LogP) is 4.71. The summed E-state index contributed by atoms with van der Waals surface area (Å²) in [6.07, 6.45) is 3.55. The lowest BCUT2D eigenvalue weighted by Crippen LogP contribution is -2.37. The lowest BCUT2D eigenvalue weighted by Gasteiger charge is -2.17. The third-order valence-corrected chi connectivity index (χ3v) is 5.87. The molecular weight excluding hydrogens is 380 g/mol. The SMILES string of the molecule is O=C(NC1CCN(C2CC2)C1)c1ccccc1Nc1ccc(SC(F)F)cc1. The predicted molar refractivity (Wildman–Crippen MR) is 108 cm³/mol. The number of anilines is 2. The van der Waals surface area contributed by atoms with Crippen molar-refractivity contribution in [2.45, 2.75) is 42.0 Å². The number of alkyl halides is 2. The van der Waals surface area contributed by atoms with Crippen LogP contribution in [0.2, 0.25) is 0 Å². The molecule has 1 heterocycles. The van der Waals surface area contributed by atoms with Gasteiger partial charge in [0.25, 0.3) is 11.7 Å². The van der Waals surface area contributed by atoms with Gasteiger partial charge in [-0.25, -0.2) is 0 Å². The first-order valence-electron chi connectivity index (χ1n) is 9.54. The number of para-hydroxylation sites is 1. The van der Waals surface area contributed by atoms with Crippen LogP contribution in [0.15, 0.2) is 53.4 Å². The van der Waals surface area contributed by atoms with E-state index in [1.54, 1.807) is 30.3 Å². The number of halogens is 2. The van der Waals surface area contributed by atoms with E-state index in [0.717, 1.165) is 31.2 Å². The van der Waals surface area contributed by atoms with Gasteiger partial charge in [0.1, 0.15) is 0 Å². The Morgan fingerprint density at radius 3 is 2.54 bits per heavy atom. The molecule has 0 radical (unpaired) electrons. The molecule has 2 aliphatic rings. The molecule has 1 saturated carbocycles. The number of nitrogens with one attached hydrogen (secondary N) is 2. The van der Waals surface area contributed by atoms with E-state index in [9.17, 15) is 13.6 Å². The molecule has 1 saturated heterocycles. The van der Waals surface area contributed by atoms with Gasteiger partial charge in [-0.2, -0.15) is 8.78 Å². The van der Waals surface area contributed by atoms with Gasteiger partial charge in [0.15, 0.2) is 0 Å². The molecule has 0 bridgehead atoms. The highest BCUT2D eigenvalue weighted by molar-refractivity contribution is 7.99. The maximum atomic E-state index is 12.8. The maximum absolute atomic E-state index is 12.8. The van der Waals surface area contributed by atoms with Crippen LogP contribution >= 0.6 is 11.8 Å². The molecule has 4 nitrogen and oxygen atoms in total. The van der Waals surface area contributed by atoms with Crippen molar-refractivity contribution in [2.75, 3.05) is 18.4 Å². The quantitative estimate of drug-likeness (QED) is 0.657. The van der Waals surface area contributed by atoms with Crippen LogP contribution in [0.3, 0.4) is 0 Å². The molecule has 1 aliphatic carbocycles. The topological polar surface area (TPSA) is 44.4 Å². The number of benzene rings is 2. The second kappa shape index (κ2) is 8.49. The number of hydrogen-bond donors (Lipinski definition) is 2. The number of likely N-dealkylation sites (tertiary alicyclic amines) is 1.